The van der Waals surface area contributed by atoms with Gasteiger partial charge < -0.3 is 4.90 Å². The van der Waals surface area contributed by atoms with E-state index in [0.717, 1.165) is 27.1 Å². The largest absolute Gasteiger partial charge is 0.337 e. The summed E-state index contributed by atoms with van der Waals surface area (Å²) in [5.74, 6) is 0.183. The SMILES string of the molecule is C=CCn1cnc2sc3c(c2c1=O)CCN(C(=O)CC(C)(C)C)C3. The average molecular weight is 345 g/mol. The van der Waals surface area contributed by atoms with Crippen molar-refractivity contribution >= 4 is 27.5 Å². The third-order valence-corrected chi connectivity index (χ3v) is 5.31. The molecule has 0 N–H and O–H groups in total. The van der Waals surface area contributed by atoms with Crippen molar-refractivity contribution in [1.29, 1.82) is 0 Å². The summed E-state index contributed by atoms with van der Waals surface area (Å²) in [7, 11) is 0. The van der Waals surface area contributed by atoms with Gasteiger partial charge in [0.1, 0.15) is 4.83 Å². The van der Waals surface area contributed by atoms with E-state index in [1.165, 1.54) is 11.3 Å². The van der Waals surface area contributed by atoms with Crippen molar-refractivity contribution in [3.63, 3.8) is 0 Å². The predicted octanol–water partition coefficient (Wildman–Crippen LogP) is 2.96. The molecule has 0 unspecified atom stereocenters. The number of amides is 1. The molecule has 5 nitrogen and oxygen atoms in total. The molecule has 3 rings (SSSR count). The Labute approximate surface area is 145 Å². The Morgan fingerprint density at radius 3 is 2.88 bits per heavy atom. The molecule has 6 heteroatoms. The van der Waals surface area contributed by atoms with Crippen molar-refractivity contribution in [3.05, 3.63) is 39.8 Å². The second-order valence-electron chi connectivity index (χ2n) is 7.48. The Balaban J connectivity index is 1.93. The van der Waals surface area contributed by atoms with E-state index < -0.39 is 0 Å². The third kappa shape index (κ3) is 3.15. The van der Waals surface area contributed by atoms with E-state index in [0.29, 0.717) is 26.1 Å². The zero-order chi connectivity index (χ0) is 17.5. The Hall–Kier alpha value is -1.95. The molecule has 2 aromatic heterocycles. The van der Waals surface area contributed by atoms with Crippen LogP contribution in [-0.2, 0) is 24.3 Å². The van der Waals surface area contributed by atoms with Crippen LogP contribution in [0.4, 0.5) is 0 Å². The van der Waals surface area contributed by atoms with E-state index in [9.17, 15) is 9.59 Å². The van der Waals surface area contributed by atoms with Gasteiger partial charge in [0.2, 0.25) is 5.91 Å². The highest BCUT2D eigenvalue weighted by Gasteiger charge is 2.28. The lowest BCUT2D eigenvalue weighted by Gasteiger charge is -2.29. The van der Waals surface area contributed by atoms with E-state index in [1.54, 1.807) is 17.0 Å². The molecule has 0 saturated heterocycles. The fraction of sp³-hybridized carbons (Fsp3) is 0.500. The molecule has 0 bridgehead atoms. The van der Waals surface area contributed by atoms with E-state index in [4.69, 9.17) is 0 Å². The van der Waals surface area contributed by atoms with Gasteiger partial charge >= 0.3 is 0 Å². The molecule has 3 heterocycles. The predicted molar refractivity (Wildman–Crippen MR) is 97.3 cm³/mol. The number of aromatic nitrogens is 2. The quantitative estimate of drug-likeness (QED) is 0.804. The van der Waals surface area contributed by atoms with Crippen molar-refractivity contribution in [1.82, 2.24) is 14.5 Å². The summed E-state index contributed by atoms with van der Waals surface area (Å²) in [5, 5.41) is 0.724. The van der Waals surface area contributed by atoms with Crippen LogP contribution in [-0.4, -0.2) is 26.9 Å². The first-order valence-electron chi connectivity index (χ1n) is 8.18. The smallest absolute Gasteiger partial charge is 0.262 e. The lowest BCUT2D eigenvalue weighted by molar-refractivity contribution is -0.133. The van der Waals surface area contributed by atoms with Gasteiger partial charge in [-0.05, 0) is 17.4 Å². The summed E-state index contributed by atoms with van der Waals surface area (Å²) < 4.78 is 1.58. The molecule has 24 heavy (non-hydrogen) atoms. The highest BCUT2D eigenvalue weighted by molar-refractivity contribution is 7.18. The van der Waals surface area contributed by atoms with Crippen molar-refractivity contribution in [2.75, 3.05) is 6.54 Å². The second-order valence-corrected chi connectivity index (χ2v) is 8.56. The van der Waals surface area contributed by atoms with Crippen LogP contribution in [0.5, 0.6) is 0 Å². The Morgan fingerprint density at radius 2 is 2.21 bits per heavy atom. The summed E-state index contributed by atoms with van der Waals surface area (Å²) in [4.78, 5) is 33.3. The number of allylic oxidation sites excluding steroid dienone is 1. The lowest BCUT2D eigenvalue weighted by atomic mass is 9.91. The fourth-order valence-corrected chi connectivity index (χ4v) is 4.26. The van der Waals surface area contributed by atoms with Crippen LogP contribution in [0.15, 0.2) is 23.8 Å². The van der Waals surface area contributed by atoms with E-state index >= 15 is 0 Å². The van der Waals surface area contributed by atoms with E-state index in [2.05, 4.69) is 32.3 Å². The van der Waals surface area contributed by atoms with Crippen LogP contribution < -0.4 is 5.56 Å². The molecule has 0 spiro atoms. The third-order valence-electron chi connectivity index (χ3n) is 4.19. The van der Waals surface area contributed by atoms with E-state index in [1.807, 2.05) is 4.90 Å². The van der Waals surface area contributed by atoms with Gasteiger partial charge in [-0.3, -0.25) is 14.2 Å². The number of hydrogen-bond donors (Lipinski definition) is 0. The molecule has 0 aliphatic carbocycles. The normalized spacial score (nSPS) is 14.7. The Morgan fingerprint density at radius 1 is 1.46 bits per heavy atom. The van der Waals surface area contributed by atoms with Crippen LogP contribution in [0.1, 0.15) is 37.6 Å². The minimum absolute atomic E-state index is 0.00753. The summed E-state index contributed by atoms with van der Waals surface area (Å²) in [6, 6.07) is 0. The Bertz CT molecular complexity index is 857. The summed E-state index contributed by atoms with van der Waals surface area (Å²) in [5.41, 5.74) is 1.05. The number of carbonyl (C=O) groups excluding carboxylic acids is 1. The number of hydrogen-bond acceptors (Lipinski definition) is 4. The first-order chi connectivity index (χ1) is 11.3. The zero-order valence-electron chi connectivity index (χ0n) is 14.5. The molecule has 2 aromatic rings. The van der Waals surface area contributed by atoms with Crippen molar-refractivity contribution < 1.29 is 4.79 Å². The first kappa shape index (κ1) is 16.9. The van der Waals surface area contributed by atoms with Gasteiger partial charge in [-0.2, -0.15) is 0 Å². The molecule has 1 aliphatic heterocycles. The lowest BCUT2D eigenvalue weighted by Crippen LogP contribution is -2.37. The molecule has 0 fully saturated rings. The van der Waals surface area contributed by atoms with Crippen LogP contribution in [0.25, 0.3) is 10.2 Å². The maximum absolute atomic E-state index is 12.7. The van der Waals surface area contributed by atoms with Crippen molar-refractivity contribution in [2.24, 2.45) is 5.41 Å². The van der Waals surface area contributed by atoms with Crippen LogP contribution in [0, 0.1) is 5.41 Å². The molecular formula is C18H23N3O2S. The zero-order valence-corrected chi connectivity index (χ0v) is 15.3. The number of carbonyl (C=O) groups is 1. The fourth-order valence-electron chi connectivity index (χ4n) is 3.07. The second kappa shape index (κ2) is 6.16. The molecule has 0 saturated carbocycles. The molecule has 0 atom stereocenters. The molecule has 0 radical (unpaired) electrons. The van der Waals surface area contributed by atoms with Gasteiger partial charge in [-0.1, -0.05) is 26.8 Å². The number of thiophene rings is 1. The highest BCUT2D eigenvalue weighted by atomic mass is 32.1. The van der Waals surface area contributed by atoms with Crippen molar-refractivity contribution in [3.8, 4) is 0 Å². The maximum atomic E-state index is 12.7. The molecule has 0 aromatic carbocycles. The molecule has 1 aliphatic rings. The topological polar surface area (TPSA) is 55.2 Å². The van der Waals surface area contributed by atoms with Gasteiger partial charge in [0, 0.05) is 24.4 Å². The minimum Gasteiger partial charge on any atom is -0.337 e. The van der Waals surface area contributed by atoms with Crippen LogP contribution in [0.3, 0.4) is 0 Å². The minimum atomic E-state index is -0.0164. The highest BCUT2D eigenvalue weighted by Crippen LogP contribution is 2.33. The van der Waals surface area contributed by atoms with E-state index in [-0.39, 0.29) is 16.9 Å². The van der Waals surface area contributed by atoms with Gasteiger partial charge in [-0.25, -0.2) is 4.98 Å². The number of nitrogens with zero attached hydrogens (tertiary/aromatic N) is 3. The molecule has 1 amide bonds. The number of rotatable bonds is 3. The number of fused-ring (bicyclic) bond motifs is 3. The van der Waals surface area contributed by atoms with Crippen LogP contribution in [0.2, 0.25) is 0 Å². The van der Waals surface area contributed by atoms with Gasteiger partial charge in [0.15, 0.2) is 0 Å². The Kier molecular flexibility index (Phi) is 4.34. The molecule has 128 valence electrons. The van der Waals surface area contributed by atoms with Crippen LogP contribution >= 0.6 is 11.3 Å². The monoisotopic (exact) mass is 345 g/mol. The van der Waals surface area contributed by atoms with Crippen molar-refractivity contribution in [2.45, 2.75) is 46.7 Å². The maximum Gasteiger partial charge on any atom is 0.262 e. The first-order valence-corrected chi connectivity index (χ1v) is 9.00. The standard InChI is InChI=1S/C18H23N3O2S/c1-5-7-21-11-19-16-15(17(21)23)12-6-8-20(10-13(12)24-16)14(22)9-18(2,3)4/h5,11H,1,6-10H2,2-4H3. The summed E-state index contributed by atoms with van der Waals surface area (Å²) in [6.07, 6.45) is 4.54. The average Bonchev–Trinajstić information content (AvgIpc) is 2.86. The summed E-state index contributed by atoms with van der Waals surface area (Å²) >= 11 is 1.54. The van der Waals surface area contributed by atoms with Gasteiger partial charge in [0.05, 0.1) is 18.3 Å². The van der Waals surface area contributed by atoms with Gasteiger partial charge in [-0.15, -0.1) is 17.9 Å². The molecular weight excluding hydrogens is 322 g/mol. The summed E-state index contributed by atoms with van der Waals surface area (Å²) in [6.45, 7) is 11.6. The van der Waals surface area contributed by atoms with Gasteiger partial charge in [0.25, 0.3) is 5.56 Å².